The van der Waals surface area contributed by atoms with Crippen LogP contribution in [0.1, 0.15) is 5.56 Å². The van der Waals surface area contributed by atoms with Crippen LogP contribution >= 0.6 is 0 Å². The van der Waals surface area contributed by atoms with Crippen LogP contribution < -0.4 is 11.1 Å². The lowest BCUT2D eigenvalue weighted by Crippen LogP contribution is -2.33. The highest BCUT2D eigenvalue weighted by molar-refractivity contribution is 5.92. The van der Waals surface area contributed by atoms with E-state index in [4.69, 9.17) is 5.73 Å². The van der Waals surface area contributed by atoms with Gasteiger partial charge in [0, 0.05) is 18.8 Å². The van der Waals surface area contributed by atoms with Crippen LogP contribution in [-0.2, 0) is 4.79 Å². The van der Waals surface area contributed by atoms with E-state index in [0.717, 1.165) is 5.56 Å². The van der Waals surface area contributed by atoms with Crippen molar-refractivity contribution in [1.82, 2.24) is 4.90 Å². The SMILES string of the molecule is Cc1ccc(F)cc1NC(=O)CN(C)CCN. The first kappa shape index (κ1) is 13.6. The summed E-state index contributed by atoms with van der Waals surface area (Å²) in [4.78, 5) is 13.5. The molecule has 0 heterocycles. The number of benzene rings is 1. The maximum absolute atomic E-state index is 13.0. The summed E-state index contributed by atoms with van der Waals surface area (Å²) in [6.45, 7) is 3.21. The number of rotatable bonds is 5. The van der Waals surface area contributed by atoms with Crippen molar-refractivity contribution in [3.05, 3.63) is 29.6 Å². The molecule has 17 heavy (non-hydrogen) atoms. The molecule has 94 valence electrons. The van der Waals surface area contributed by atoms with Gasteiger partial charge in [-0.2, -0.15) is 0 Å². The third-order valence-electron chi connectivity index (χ3n) is 2.40. The summed E-state index contributed by atoms with van der Waals surface area (Å²) in [6.07, 6.45) is 0. The van der Waals surface area contributed by atoms with Crippen molar-refractivity contribution in [2.75, 3.05) is 32.0 Å². The molecule has 0 radical (unpaired) electrons. The zero-order valence-corrected chi connectivity index (χ0v) is 10.2. The minimum atomic E-state index is -0.360. The molecule has 0 bridgehead atoms. The summed E-state index contributed by atoms with van der Waals surface area (Å²) in [7, 11) is 1.81. The monoisotopic (exact) mass is 239 g/mol. The van der Waals surface area contributed by atoms with Gasteiger partial charge in [0.05, 0.1) is 6.54 Å². The number of aryl methyl sites for hydroxylation is 1. The van der Waals surface area contributed by atoms with Gasteiger partial charge in [-0.15, -0.1) is 0 Å². The second kappa shape index (κ2) is 6.32. The van der Waals surface area contributed by atoms with Crippen molar-refractivity contribution >= 4 is 11.6 Å². The minimum Gasteiger partial charge on any atom is -0.329 e. The van der Waals surface area contributed by atoms with Gasteiger partial charge >= 0.3 is 0 Å². The van der Waals surface area contributed by atoms with Gasteiger partial charge < -0.3 is 11.1 Å². The molecule has 1 rings (SSSR count). The molecule has 3 N–H and O–H groups in total. The number of halogens is 1. The first-order chi connectivity index (χ1) is 8.02. The number of hydrogen-bond donors (Lipinski definition) is 2. The number of carbonyl (C=O) groups is 1. The Morgan fingerprint density at radius 2 is 2.24 bits per heavy atom. The van der Waals surface area contributed by atoms with Crippen LogP contribution in [0.3, 0.4) is 0 Å². The summed E-state index contributed by atoms with van der Waals surface area (Å²) in [5.41, 5.74) is 6.72. The molecule has 0 aliphatic heterocycles. The summed E-state index contributed by atoms with van der Waals surface area (Å²) in [5, 5.41) is 2.68. The Morgan fingerprint density at radius 3 is 2.88 bits per heavy atom. The van der Waals surface area contributed by atoms with Gasteiger partial charge in [-0.3, -0.25) is 9.69 Å². The maximum atomic E-state index is 13.0. The Kier molecular flexibility index (Phi) is 5.06. The Labute approximate surface area is 101 Å². The predicted octanol–water partition coefficient (Wildman–Crippen LogP) is 0.963. The van der Waals surface area contributed by atoms with Gasteiger partial charge in [0.15, 0.2) is 0 Å². The zero-order chi connectivity index (χ0) is 12.8. The molecule has 1 amide bonds. The van der Waals surface area contributed by atoms with E-state index in [1.165, 1.54) is 12.1 Å². The third-order valence-corrected chi connectivity index (χ3v) is 2.40. The Balaban J connectivity index is 2.58. The molecule has 0 fully saturated rings. The summed E-state index contributed by atoms with van der Waals surface area (Å²) >= 11 is 0. The number of nitrogens with one attached hydrogen (secondary N) is 1. The molecule has 5 heteroatoms. The van der Waals surface area contributed by atoms with E-state index in [-0.39, 0.29) is 18.3 Å². The fourth-order valence-electron chi connectivity index (χ4n) is 1.46. The van der Waals surface area contributed by atoms with E-state index in [1.54, 1.807) is 6.07 Å². The lowest BCUT2D eigenvalue weighted by atomic mass is 10.2. The highest BCUT2D eigenvalue weighted by Crippen LogP contribution is 2.15. The first-order valence-electron chi connectivity index (χ1n) is 5.47. The van der Waals surface area contributed by atoms with Crippen molar-refractivity contribution in [2.24, 2.45) is 5.73 Å². The third kappa shape index (κ3) is 4.50. The Morgan fingerprint density at radius 1 is 1.53 bits per heavy atom. The molecule has 0 spiro atoms. The maximum Gasteiger partial charge on any atom is 0.238 e. The topological polar surface area (TPSA) is 58.4 Å². The van der Waals surface area contributed by atoms with E-state index in [2.05, 4.69) is 5.32 Å². The van der Waals surface area contributed by atoms with Gasteiger partial charge in [0.1, 0.15) is 5.82 Å². The van der Waals surface area contributed by atoms with Gasteiger partial charge in [-0.1, -0.05) is 6.07 Å². The molecule has 1 aromatic carbocycles. The number of anilines is 1. The summed E-state index contributed by atoms with van der Waals surface area (Å²) < 4.78 is 13.0. The van der Waals surface area contributed by atoms with E-state index in [9.17, 15) is 9.18 Å². The fourth-order valence-corrected chi connectivity index (χ4v) is 1.46. The Hall–Kier alpha value is -1.46. The number of nitrogens with zero attached hydrogens (tertiary/aromatic N) is 1. The normalized spacial score (nSPS) is 10.6. The summed E-state index contributed by atoms with van der Waals surface area (Å²) in [5.74, 6) is -0.532. The number of carbonyl (C=O) groups excluding carboxylic acids is 1. The zero-order valence-electron chi connectivity index (χ0n) is 10.2. The van der Waals surface area contributed by atoms with Gasteiger partial charge in [0.25, 0.3) is 0 Å². The van der Waals surface area contributed by atoms with Crippen LogP contribution in [0.25, 0.3) is 0 Å². The quantitative estimate of drug-likeness (QED) is 0.804. The molecule has 4 nitrogen and oxygen atoms in total. The van der Waals surface area contributed by atoms with Gasteiger partial charge in [-0.25, -0.2) is 4.39 Å². The van der Waals surface area contributed by atoms with Crippen LogP contribution in [0.5, 0.6) is 0 Å². The smallest absolute Gasteiger partial charge is 0.238 e. The average molecular weight is 239 g/mol. The van der Waals surface area contributed by atoms with Crippen molar-refractivity contribution in [3.63, 3.8) is 0 Å². The number of amides is 1. The molecule has 1 aromatic rings. The van der Waals surface area contributed by atoms with Gasteiger partial charge in [0.2, 0.25) is 5.91 Å². The minimum absolute atomic E-state index is 0.172. The fraction of sp³-hybridized carbons (Fsp3) is 0.417. The Bertz CT molecular complexity index is 395. The largest absolute Gasteiger partial charge is 0.329 e. The van der Waals surface area contributed by atoms with E-state index >= 15 is 0 Å². The number of likely N-dealkylation sites (N-methyl/N-ethyl adjacent to an activating group) is 1. The molecular weight excluding hydrogens is 221 g/mol. The predicted molar refractivity (Wildman–Crippen MR) is 66.3 cm³/mol. The lowest BCUT2D eigenvalue weighted by Gasteiger charge is -2.15. The van der Waals surface area contributed by atoms with E-state index in [1.807, 2.05) is 18.9 Å². The van der Waals surface area contributed by atoms with Crippen LogP contribution in [0.4, 0.5) is 10.1 Å². The van der Waals surface area contributed by atoms with E-state index in [0.29, 0.717) is 18.8 Å². The molecule has 0 aromatic heterocycles. The van der Waals surface area contributed by atoms with Crippen molar-refractivity contribution < 1.29 is 9.18 Å². The molecule has 0 unspecified atom stereocenters. The standard InChI is InChI=1S/C12H18FN3O/c1-9-3-4-10(13)7-11(9)15-12(17)8-16(2)6-5-14/h3-4,7H,5-6,8,14H2,1-2H3,(H,15,17). The van der Waals surface area contributed by atoms with Crippen molar-refractivity contribution in [1.29, 1.82) is 0 Å². The lowest BCUT2D eigenvalue weighted by molar-refractivity contribution is -0.117. The van der Waals surface area contributed by atoms with Crippen LogP contribution in [0.2, 0.25) is 0 Å². The molecule has 0 aliphatic carbocycles. The highest BCUT2D eigenvalue weighted by atomic mass is 19.1. The second-order valence-corrected chi connectivity index (χ2v) is 4.03. The van der Waals surface area contributed by atoms with Crippen LogP contribution in [-0.4, -0.2) is 37.5 Å². The van der Waals surface area contributed by atoms with Crippen LogP contribution in [0, 0.1) is 12.7 Å². The molecule has 0 saturated carbocycles. The molecular formula is C12H18FN3O. The first-order valence-corrected chi connectivity index (χ1v) is 5.47. The average Bonchev–Trinajstić information content (AvgIpc) is 2.23. The second-order valence-electron chi connectivity index (χ2n) is 4.03. The molecule has 0 aliphatic rings. The van der Waals surface area contributed by atoms with Crippen molar-refractivity contribution in [3.8, 4) is 0 Å². The van der Waals surface area contributed by atoms with E-state index < -0.39 is 0 Å². The number of nitrogens with two attached hydrogens (primary N) is 1. The molecule has 0 atom stereocenters. The summed E-state index contributed by atoms with van der Waals surface area (Å²) in [6, 6.07) is 4.32. The molecule has 0 saturated heterocycles. The number of hydrogen-bond acceptors (Lipinski definition) is 3. The van der Waals surface area contributed by atoms with Crippen LogP contribution in [0.15, 0.2) is 18.2 Å². The van der Waals surface area contributed by atoms with Crippen molar-refractivity contribution in [2.45, 2.75) is 6.92 Å². The van der Waals surface area contributed by atoms with Gasteiger partial charge in [-0.05, 0) is 31.7 Å². The highest BCUT2D eigenvalue weighted by Gasteiger charge is 2.08.